The summed E-state index contributed by atoms with van der Waals surface area (Å²) in [5.41, 5.74) is 0.745. The third kappa shape index (κ3) is 5.56. The Morgan fingerprint density at radius 3 is 2.71 bits per heavy atom. The van der Waals surface area contributed by atoms with Crippen molar-refractivity contribution in [3.63, 3.8) is 0 Å². The minimum atomic E-state index is 0. The van der Waals surface area contributed by atoms with Gasteiger partial charge in [-0.05, 0) is 43.7 Å². The highest BCUT2D eigenvalue weighted by Gasteiger charge is 2.16. The van der Waals surface area contributed by atoms with Crippen LogP contribution in [-0.4, -0.2) is 43.6 Å². The van der Waals surface area contributed by atoms with Gasteiger partial charge in [0.05, 0.1) is 6.61 Å². The van der Waals surface area contributed by atoms with E-state index >= 15 is 0 Å². The molecule has 0 radical (unpaired) electrons. The molecule has 1 saturated heterocycles. The van der Waals surface area contributed by atoms with E-state index in [0.29, 0.717) is 0 Å². The maximum absolute atomic E-state index is 12.4. The van der Waals surface area contributed by atoms with Crippen LogP contribution in [0.2, 0.25) is 0 Å². The van der Waals surface area contributed by atoms with E-state index in [1.165, 1.54) is 0 Å². The fraction of sp³-hybridized carbons (Fsp3) is 0.562. The molecule has 118 valence electrons. The van der Waals surface area contributed by atoms with Gasteiger partial charge in [0.1, 0.15) is 5.75 Å². The molecule has 4 nitrogen and oxygen atoms in total. The van der Waals surface area contributed by atoms with Crippen molar-refractivity contribution in [3.8, 4) is 5.75 Å². The number of hydrogen-bond acceptors (Lipinski definition) is 3. The number of hydrogen-bond donors (Lipinski definition) is 1. The molecule has 21 heavy (non-hydrogen) atoms. The van der Waals surface area contributed by atoms with E-state index < -0.39 is 0 Å². The smallest absolute Gasteiger partial charge is 0.253 e. The lowest BCUT2D eigenvalue weighted by atomic mass is 10.2. The summed E-state index contributed by atoms with van der Waals surface area (Å²) in [5, 5.41) is 3.31. The van der Waals surface area contributed by atoms with Gasteiger partial charge in [-0.3, -0.25) is 4.79 Å². The molecule has 1 N–H and O–H groups in total. The van der Waals surface area contributed by atoms with Crippen molar-refractivity contribution >= 4 is 18.3 Å². The number of nitrogens with one attached hydrogen (secondary N) is 1. The average Bonchev–Trinajstić information content (AvgIpc) is 2.77. The van der Waals surface area contributed by atoms with E-state index in [2.05, 4.69) is 12.2 Å². The predicted octanol–water partition coefficient (Wildman–Crippen LogP) is 2.72. The van der Waals surface area contributed by atoms with Crippen molar-refractivity contribution < 1.29 is 9.53 Å². The SMILES string of the molecule is CCCCOc1ccc(C(=O)N2CCCNCC2)cc1.Cl. The van der Waals surface area contributed by atoms with E-state index in [0.717, 1.165) is 63.4 Å². The maximum Gasteiger partial charge on any atom is 0.253 e. The first-order valence-electron chi connectivity index (χ1n) is 7.54. The summed E-state index contributed by atoms with van der Waals surface area (Å²) < 4.78 is 5.61. The highest BCUT2D eigenvalue weighted by atomic mass is 35.5. The van der Waals surface area contributed by atoms with Crippen molar-refractivity contribution in [3.05, 3.63) is 29.8 Å². The zero-order valence-electron chi connectivity index (χ0n) is 12.6. The van der Waals surface area contributed by atoms with Crippen LogP contribution < -0.4 is 10.1 Å². The minimum Gasteiger partial charge on any atom is -0.494 e. The molecule has 1 aromatic carbocycles. The van der Waals surface area contributed by atoms with Crippen LogP contribution in [-0.2, 0) is 0 Å². The van der Waals surface area contributed by atoms with E-state index in [9.17, 15) is 4.79 Å². The summed E-state index contributed by atoms with van der Waals surface area (Å²) in [6, 6.07) is 7.50. The molecule has 0 bridgehead atoms. The molecular formula is C16H25ClN2O2. The standard InChI is InChI=1S/C16H24N2O2.ClH/c1-2-3-13-20-15-7-5-14(6-8-15)16(19)18-11-4-9-17-10-12-18;/h5-8,17H,2-4,9-13H2,1H3;1H. The van der Waals surface area contributed by atoms with Gasteiger partial charge in [-0.1, -0.05) is 13.3 Å². The zero-order valence-corrected chi connectivity index (χ0v) is 13.5. The van der Waals surface area contributed by atoms with Crippen LogP contribution >= 0.6 is 12.4 Å². The largest absolute Gasteiger partial charge is 0.494 e. The number of rotatable bonds is 5. The lowest BCUT2D eigenvalue weighted by Crippen LogP contribution is -2.34. The monoisotopic (exact) mass is 312 g/mol. The summed E-state index contributed by atoms with van der Waals surface area (Å²) in [4.78, 5) is 14.3. The molecule has 1 fully saturated rings. The molecule has 0 spiro atoms. The Balaban J connectivity index is 0.00000220. The van der Waals surface area contributed by atoms with E-state index in [-0.39, 0.29) is 18.3 Å². The Labute approximate surface area is 133 Å². The molecule has 0 atom stereocenters. The number of nitrogens with zero attached hydrogens (tertiary/aromatic N) is 1. The van der Waals surface area contributed by atoms with E-state index in [1.807, 2.05) is 29.2 Å². The molecule has 5 heteroatoms. The van der Waals surface area contributed by atoms with Gasteiger partial charge >= 0.3 is 0 Å². The molecular weight excluding hydrogens is 288 g/mol. The van der Waals surface area contributed by atoms with Gasteiger partial charge in [-0.25, -0.2) is 0 Å². The van der Waals surface area contributed by atoms with Crippen LogP contribution in [0.3, 0.4) is 0 Å². The Bertz CT molecular complexity index is 415. The first kappa shape index (κ1) is 17.8. The van der Waals surface area contributed by atoms with Crippen LogP contribution in [0.1, 0.15) is 36.5 Å². The fourth-order valence-electron chi connectivity index (χ4n) is 2.26. The summed E-state index contributed by atoms with van der Waals surface area (Å²) >= 11 is 0. The second-order valence-electron chi connectivity index (χ2n) is 5.12. The van der Waals surface area contributed by atoms with Crippen molar-refractivity contribution in [1.82, 2.24) is 10.2 Å². The maximum atomic E-state index is 12.4. The topological polar surface area (TPSA) is 41.6 Å². The normalized spacial score (nSPS) is 15.0. The number of carbonyl (C=O) groups excluding carboxylic acids is 1. The van der Waals surface area contributed by atoms with Gasteiger partial charge in [-0.2, -0.15) is 0 Å². The zero-order chi connectivity index (χ0) is 14.2. The Morgan fingerprint density at radius 1 is 1.24 bits per heavy atom. The molecule has 1 heterocycles. The van der Waals surface area contributed by atoms with Gasteiger partial charge in [-0.15, -0.1) is 12.4 Å². The average molecular weight is 313 g/mol. The Morgan fingerprint density at radius 2 is 2.00 bits per heavy atom. The summed E-state index contributed by atoms with van der Waals surface area (Å²) in [6.07, 6.45) is 3.20. The Kier molecular flexibility index (Phi) is 8.16. The lowest BCUT2D eigenvalue weighted by Gasteiger charge is -2.20. The van der Waals surface area contributed by atoms with Crippen LogP contribution in [0.5, 0.6) is 5.75 Å². The lowest BCUT2D eigenvalue weighted by molar-refractivity contribution is 0.0766. The summed E-state index contributed by atoms with van der Waals surface area (Å²) in [6.45, 7) is 6.37. The van der Waals surface area contributed by atoms with Crippen LogP contribution in [0, 0.1) is 0 Å². The van der Waals surface area contributed by atoms with Gasteiger partial charge in [0.2, 0.25) is 0 Å². The highest BCUT2D eigenvalue weighted by molar-refractivity contribution is 5.94. The van der Waals surface area contributed by atoms with Gasteiger partial charge in [0, 0.05) is 25.2 Å². The molecule has 0 unspecified atom stereocenters. The number of halogens is 1. The molecule has 2 rings (SSSR count). The molecule has 0 aliphatic carbocycles. The third-order valence-electron chi connectivity index (χ3n) is 3.50. The number of ether oxygens (including phenoxy) is 1. The van der Waals surface area contributed by atoms with Crippen molar-refractivity contribution in [2.24, 2.45) is 0 Å². The first-order valence-corrected chi connectivity index (χ1v) is 7.54. The third-order valence-corrected chi connectivity index (χ3v) is 3.50. The quantitative estimate of drug-likeness (QED) is 0.850. The molecule has 1 aliphatic heterocycles. The number of amides is 1. The van der Waals surface area contributed by atoms with Crippen molar-refractivity contribution in [2.75, 3.05) is 32.8 Å². The number of benzene rings is 1. The first-order chi connectivity index (χ1) is 9.81. The number of carbonyl (C=O) groups is 1. The van der Waals surface area contributed by atoms with Crippen molar-refractivity contribution in [1.29, 1.82) is 0 Å². The van der Waals surface area contributed by atoms with Gasteiger partial charge < -0.3 is 15.0 Å². The highest BCUT2D eigenvalue weighted by Crippen LogP contribution is 2.14. The van der Waals surface area contributed by atoms with Gasteiger partial charge in [0.25, 0.3) is 5.91 Å². The summed E-state index contributed by atoms with van der Waals surface area (Å²) in [7, 11) is 0. The fourth-order valence-corrected chi connectivity index (χ4v) is 2.26. The predicted molar refractivity (Wildman–Crippen MR) is 87.5 cm³/mol. The molecule has 1 aromatic rings. The van der Waals surface area contributed by atoms with Crippen molar-refractivity contribution in [2.45, 2.75) is 26.2 Å². The van der Waals surface area contributed by atoms with Gasteiger partial charge in [0.15, 0.2) is 0 Å². The summed E-state index contributed by atoms with van der Waals surface area (Å²) in [5.74, 6) is 0.960. The number of unbranched alkanes of at least 4 members (excludes halogenated alkanes) is 1. The van der Waals surface area contributed by atoms with Crippen LogP contribution in [0.15, 0.2) is 24.3 Å². The minimum absolute atomic E-state index is 0. The second-order valence-corrected chi connectivity index (χ2v) is 5.12. The molecule has 1 aliphatic rings. The molecule has 0 aromatic heterocycles. The Hall–Kier alpha value is -1.26. The molecule has 1 amide bonds. The van der Waals surface area contributed by atoms with E-state index in [4.69, 9.17) is 4.74 Å². The molecule has 0 saturated carbocycles. The van der Waals surface area contributed by atoms with Crippen LogP contribution in [0.25, 0.3) is 0 Å². The second kappa shape index (κ2) is 9.64. The van der Waals surface area contributed by atoms with Crippen LogP contribution in [0.4, 0.5) is 0 Å². The van der Waals surface area contributed by atoms with E-state index in [1.54, 1.807) is 0 Å².